The molecule has 6 heteroatoms. The number of nitrogens with one attached hydrogen (secondary N) is 2. The molecule has 25 heavy (non-hydrogen) atoms. The van der Waals surface area contributed by atoms with E-state index in [1.165, 1.54) is 6.20 Å². The maximum absolute atomic E-state index is 12.5. The molecule has 2 N–H and O–H groups in total. The van der Waals surface area contributed by atoms with Gasteiger partial charge < -0.3 is 10.6 Å². The van der Waals surface area contributed by atoms with Crippen LogP contribution in [0.15, 0.2) is 54.7 Å². The topological polar surface area (TPSA) is 66.9 Å². The Bertz CT molecular complexity index is 927. The molecule has 0 fully saturated rings. The van der Waals surface area contributed by atoms with E-state index in [0.29, 0.717) is 11.0 Å². The second-order valence-electron chi connectivity index (χ2n) is 5.67. The van der Waals surface area contributed by atoms with Gasteiger partial charge in [-0.3, -0.25) is 4.79 Å². The molecule has 3 aromatic rings. The number of amides is 1. The van der Waals surface area contributed by atoms with Gasteiger partial charge in [0.2, 0.25) is 5.95 Å². The Morgan fingerprint density at radius 2 is 1.92 bits per heavy atom. The Morgan fingerprint density at radius 3 is 2.72 bits per heavy atom. The second-order valence-corrected chi connectivity index (χ2v) is 6.11. The largest absolute Gasteiger partial charge is 0.324 e. The molecule has 0 atom stereocenters. The average molecular weight is 353 g/mol. The molecule has 126 valence electrons. The molecule has 0 unspecified atom stereocenters. The summed E-state index contributed by atoms with van der Waals surface area (Å²) in [6, 6.07) is 14.7. The van der Waals surface area contributed by atoms with Crippen LogP contribution in [0.2, 0.25) is 5.02 Å². The Hall–Kier alpha value is -2.92. The van der Waals surface area contributed by atoms with E-state index >= 15 is 0 Å². The van der Waals surface area contributed by atoms with Crippen molar-refractivity contribution in [2.75, 3.05) is 10.6 Å². The van der Waals surface area contributed by atoms with Gasteiger partial charge in [0, 0.05) is 22.6 Å². The maximum Gasteiger partial charge on any atom is 0.274 e. The van der Waals surface area contributed by atoms with Crippen LogP contribution in [0, 0.1) is 13.8 Å². The fourth-order valence-electron chi connectivity index (χ4n) is 2.30. The summed E-state index contributed by atoms with van der Waals surface area (Å²) in [5.41, 5.74) is 3.87. The van der Waals surface area contributed by atoms with Crippen LogP contribution < -0.4 is 10.6 Å². The average Bonchev–Trinajstić information content (AvgIpc) is 2.58. The maximum atomic E-state index is 12.5. The summed E-state index contributed by atoms with van der Waals surface area (Å²) in [5, 5.41) is 6.53. The van der Waals surface area contributed by atoms with Crippen molar-refractivity contribution in [3.63, 3.8) is 0 Å². The Labute approximate surface area is 151 Å². The summed E-state index contributed by atoms with van der Waals surface area (Å²) in [5.74, 6) is 0.0427. The minimum Gasteiger partial charge on any atom is -0.324 e. The van der Waals surface area contributed by atoms with E-state index in [-0.39, 0.29) is 11.6 Å². The number of rotatable bonds is 4. The molecule has 1 amide bonds. The molecule has 0 aliphatic rings. The highest BCUT2D eigenvalue weighted by atomic mass is 35.5. The molecule has 5 nitrogen and oxygen atoms in total. The summed E-state index contributed by atoms with van der Waals surface area (Å²) >= 11 is 5.97. The molecular weight excluding hydrogens is 336 g/mol. The molecule has 0 saturated carbocycles. The van der Waals surface area contributed by atoms with Crippen LogP contribution in [0.4, 0.5) is 17.3 Å². The first kappa shape index (κ1) is 16.9. The van der Waals surface area contributed by atoms with Gasteiger partial charge in [0.15, 0.2) is 0 Å². The zero-order valence-electron chi connectivity index (χ0n) is 13.9. The van der Waals surface area contributed by atoms with Crippen molar-refractivity contribution in [1.82, 2.24) is 9.97 Å². The molecule has 3 rings (SSSR count). The van der Waals surface area contributed by atoms with Crippen molar-refractivity contribution in [2.45, 2.75) is 13.8 Å². The molecule has 0 bridgehead atoms. The van der Waals surface area contributed by atoms with Gasteiger partial charge in [-0.2, -0.15) is 0 Å². The number of carbonyl (C=O) groups is 1. The van der Waals surface area contributed by atoms with E-state index in [2.05, 4.69) is 20.6 Å². The van der Waals surface area contributed by atoms with Crippen LogP contribution in [0.3, 0.4) is 0 Å². The summed E-state index contributed by atoms with van der Waals surface area (Å²) in [6.07, 6.45) is 1.54. The van der Waals surface area contributed by atoms with Gasteiger partial charge in [-0.05, 0) is 55.3 Å². The molecular formula is C19H17ClN4O. The van der Waals surface area contributed by atoms with E-state index < -0.39 is 0 Å². The summed E-state index contributed by atoms with van der Waals surface area (Å²) in [7, 11) is 0. The molecule has 0 saturated heterocycles. The minimum absolute atomic E-state index is 0.278. The fourth-order valence-corrected chi connectivity index (χ4v) is 2.49. The smallest absolute Gasteiger partial charge is 0.274 e. The molecule has 2 aromatic carbocycles. The Kier molecular flexibility index (Phi) is 4.95. The highest BCUT2D eigenvalue weighted by Crippen LogP contribution is 2.19. The number of hydrogen-bond acceptors (Lipinski definition) is 4. The third-order valence-electron chi connectivity index (χ3n) is 3.61. The number of benzene rings is 2. The van der Waals surface area contributed by atoms with Crippen molar-refractivity contribution >= 4 is 34.8 Å². The van der Waals surface area contributed by atoms with Gasteiger partial charge >= 0.3 is 0 Å². The van der Waals surface area contributed by atoms with Crippen LogP contribution in [-0.2, 0) is 0 Å². The standard InChI is InChI=1S/C19H17ClN4O/c1-12-6-7-13(2)17(10-12)23-18(25)16-8-9-21-19(24-16)22-15-5-3-4-14(20)11-15/h3-11H,1-2H3,(H,23,25)(H,21,22,24). The van der Waals surface area contributed by atoms with Crippen LogP contribution in [0.25, 0.3) is 0 Å². The fraction of sp³-hybridized carbons (Fsp3) is 0.105. The molecule has 0 spiro atoms. The van der Waals surface area contributed by atoms with Crippen LogP contribution in [0.1, 0.15) is 21.6 Å². The van der Waals surface area contributed by atoms with E-state index in [1.54, 1.807) is 18.2 Å². The number of aryl methyl sites for hydroxylation is 2. The Balaban J connectivity index is 1.78. The predicted octanol–water partition coefficient (Wildman–Crippen LogP) is 4.74. The first-order chi connectivity index (χ1) is 12.0. The van der Waals surface area contributed by atoms with Crippen molar-refractivity contribution in [3.8, 4) is 0 Å². The van der Waals surface area contributed by atoms with Gasteiger partial charge in [-0.15, -0.1) is 0 Å². The van der Waals surface area contributed by atoms with Crippen molar-refractivity contribution in [1.29, 1.82) is 0 Å². The number of nitrogens with zero attached hydrogens (tertiary/aromatic N) is 2. The lowest BCUT2D eigenvalue weighted by Crippen LogP contribution is -2.15. The highest BCUT2D eigenvalue weighted by molar-refractivity contribution is 6.30. The normalized spacial score (nSPS) is 10.4. The molecule has 0 radical (unpaired) electrons. The number of anilines is 3. The molecule has 0 aliphatic heterocycles. The lowest BCUT2D eigenvalue weighted by atomic mass is 10.1. The summed E-state index contributed by atoms with van der Waals surface area (Å²) in [6.45, 7) is 3.92. The molecule has 0 aliphatic carbocycles. The minimum atomic E-state index is -0.287. The third kappa shape index (κ3) is 4.33. The van der Waals surface area contributed by atoms with Gasteiger partial charge in [-0.25, -0.2) is 9.97 Å². The highest BCUT2D eigenvalue weighted by Gasteiger charge is 2.11. The van der Waals surface area contributed by atoms with E-state index in [1.807, 2.05) is 44.2 Å². The van der Waals surface area contributed by atoms with Gasteiger partial charge in [0.05, 0.1) is 0 Å². The van der Waals surface area contributed by atoms with Gasteiger partial charge in [0.25, 0.3) is 5.91 Å². The van der Waals surface area contributed by atoms with Crippen LogP contribution in [0.5, 0.6) is 0 Å². The molecule has 1 aromatic heterocycles. The van der Waals surface area contributed by atoms with E-state index in [0.717, 1.165) is 22.5 Å². The van der Waals surface area contributed by atoms with Crippen molar-refractivity contribution in [3.05, 3.63) is 76.6 Å². The third-order valence-corrected chi connectivity index (χ3v) is 3.85. The lowest BCUT2D eigenvalue weighted by Gasteiger charge is -2.10. The van der Waals surface area contributed by atoms with Crippen LogP contribution in [-0.4, -0.2) is 15.9 Å². The van der Waals surface area contributed by atoms with Gasteiger partial charge in [-0.1, -0.05) is 29.8 Å². The monoisotopic (exact) mass is 352 g/mol. The number of carbonyl (C=O) groups excluding carboxylic acids is 1. The predicted molar refractivity (Wildman–Crippen MR) is 101 cm³/mol. The van der Waals surface area contributed by atoms with Crippen molar-refractivity contribution < 1.29 is 4.79 Å². The number of aromatic nitrogens is 2. The first-order valence-corrected chi connectivity index (χ1v) is 8.13. The van der Waals surface area contributed by atoms with Gasteiger partial charge in [0.1, 0.15) is 5.69 Å². The zero-order chi connectivity index (χ0) is 17.8. The van der Waals surface area contributed by atoms with E-state index in [9.17, 15) is 4.79 Å². The van der Waals surface area contributed by atoms with Crippen LogP contribution >= 0.6 is 11.6 Å². The zero-order valence-corrected chi connectivity index (χ0v) is 14.6. The SMILES string of the molecule is Cc1ccc(C)c(NC(=O)c2ccnc(Nc3cccc(Cl)c3)n2)c1. The quantitative estimate of drug-likeness (QED) is 0.711. The number of hydrogen-bond donors (Lipinski definition) is 2. The molecule has 1 heterocycles. The lowest BCUT2D eigenvalue weighted by molar-refractivity contribution is 0.102. The Morgan fingerprint density at radius 1 is 1.08 bits per heavy atom. The first-order valence-electron chi connectivity index (χ1n) is 7.75. The summed E-state index contributed by atoms with van der Waals surface area (Å²) < 4.78 is 0. The second kappa shape index (κ2) is 7.32. The summed E-state index contributed by atoms with van der Waals surface area (Å²) in [4.78, 5) is 20.9. The van der Waals surface area contributed by atoms with E-state index in [4.69, 9.17) is 11.6 Å². The van der Waals surface area contributed by atoms with Crippen molar-refractivity contribution in [2.24, 2.45) is 0 Å². The number of halogens is 1.